The molecular formula is C16H27N3O2. The van der Waals surface area contributed by atoms with Gasteiger partial charge >= 0.3 is 0 Å². The fourth-order valence-corrected chi connectivity index (χ4v) is 4.09. The molecule has 2 amide bonds. The summed E-state index contributed by atoms with van der Waals surface area (Å²) in [5.41, 5.74) is 0. The van der Waals surface area contributed by atoms with Gasteiger partial charge in [0.05, 0.1) is 0 Å². The molecule has 0 spiro atoms. The van der Waals surface area contributed by atoms with Crippen LogP contribution in [0.3, 0.4) is 0 Å². The van der Waals surface area contributed by atoms with Gasteiger partial charge in [-0.2, -0.15) is 0 Å². The van der Waals surface area contributed by atoms with Crippen molar-refractivity contribution in [2.45, 2.75) is 45.1 Å². The minimum absolute atomic E-state index is 0.164. The first-order valence-electron chi connectivity index (χ1n) is 8.49. The van der Waals surface area contributed by atoms with Crippen LogP contribution in [0.2, 0.25) is 0 Å². The van der Waals surface area contributed by atoms with Crippen LogP contribution < -0.4 is 5.32 Å². The number of carbonyl (C=O) groups excluding carboxylic acids is 2. The normalized spacial score (nSPS) is 32.3. The summed E-state index contributed by atoms with van der Waals surface area (Å²) in [6.45, 7) is 6.62. The van der Waals surface area contributed by atoms with Gasteiger partial charge in [-0.3, -0.25) is 9.59 Å². The van der Waals surface area contributed by atoms with Crippen LogP contribution in [0.1, 0.15) is 39.0 Å². The lowest BCUT2D eigenvalue weighted by Gasteiger charge is -2.37. The van der Waals surface area contributed by atoms with Crippen molar-refractivity contribution in [3.63, 3.8) is 0 Å². The molecule has 0 radical (unpaired) electrons. The number of hydrogen-bond donors (Lipinski definition) is 1. The van der Waals surface area contributed by atoms with Crippen LogP contribution in [0.4, 0.5) is 0 Å². The summed E-state index contributed by atoms with van der Waals surface area (Å²) in [6, 6.07) is -0.190. The summed E-state index contributed by atoms with van der Waals surface area (Å²) < 4.78 is 0. The molecule has 3 heterocycles. The van der Waals surface area contributed by atoms with E-state index in [2.05, 4.69) is 5.32 Å². The van der Waals surface area contributed by atoms with Crippen LogP contribution >= 0.6 is 0 Å². The van der Waals surface area contributed by atoms with E-state index in [1.165, 1.54) is 0 Å². The lowest BCUT2D eigenvalue weighted by molar-refractivity contribution is -0.147. The molecule has 21 heavy (non-hydrogen) atoms. The Morgan fingerprint density at radius 1 is 1.14 bits per heavy atom. The van der Waals surface area contributed by atoms with E-state index in [0.717, 1.165) is 58.4 Å². The molecule has 3 aliphatic rings. The van der Waals surface area contributed by atoms with Crippen molar-refractivity contribution < 1.29 is 9.59 Å². The molecule has 118 valence electrons. The number of piperidine rings is 1. The first-order chi connectivity index (χ1) is 10.2. The third-order valence-electron chi connectivity index (χ3n) is 5.27. The zero-order chi connectivity index (χ0) is 14.8. The third kappa shape index (κ3) is 2.93. The second-order valence-corrected chi connectivity index (χ2v) is 6.77. The maximum atomic E-state index is 12.9. The van der Waals surface area contributed by atoms with E-state index in [4.69, 9.17) is 0 Å². The smallest absolute Gasteiger partial charge is 0.245 e. The maximum Gasteiger partial charge on any atom is 0.245 e. The number of carbonyl (C=O) groups is 2. The Morgan fingerprint density at radius 3 is 2.52 bits per heavy atom. The van der Waals surface area contributed by atoms with Gasteiger partial charge in [-0.25, -0.2) is 0 Å². The summed E-state index contributed by atoms with van der Waals surface area (Å²) in [5.74, 6) is 1.61. The van der Waals surface area contributed by atoms with E-state index in [9.17, 15) is 9.59 Å². The van der Waals surface area contributed by atoms with Gasteiger partial charge in [-0.15, -0.1) is 0 Å². The van der Waals surface area contributed by atoms with Gasteiger partial charge in [0, 0.05) is 39.1 Å². The zero-order valence-electron chi connectivity index (χ0n) is 13.0. The molecule has 0 saturated carbocycles. The van der Waals surface area contributed by atoms with Crippen molar-refractivity contribution >= 4 is 11.8 Å². The predicted octanol–water partition coefficient (Wildman–Crippen LogP) is 0.845. The Kier molecular flexibility index (Phi) is 4.48. The van der Waals surface area contributed by atoms with Crippen LogP contribution in [-0.2, 0) is 9.59 Å². The number of rotatable bonds is 3. The molecule has 3 atom stereocenters. The van der Waals surface area contributed by atoms with Crippen molar-refractivity contribution in [3.05, 3.63) is 0 Å². The van der Waals surface area contributed by atoms with Gasteiger partial charge in [0.1, 0.15) is 6.04 Å². The van der Waals surface area contributed by atoms with Crippen molar-refractivity contribution in [1.82, 2.24) is 15.1 Å². The summed E-state index contributed by atoms with van der Waals surface area (Å²) >= 11 is 0. The Morgan fingerprint density at radius 2 is 1.86 bits per heavy atom. The van der Waals surface area contributed by atoms with Gasteiger partial charge in [0.2, 0.25) is 11.8 Å². The van der Waals surface area contributed by atoms with E-state index in [1.807, 2.05) is 16.7 Å². The van der Waals surface area contributed by atoms with Gasteiger partial charge in [-0.1, -0.05) is 6.92 Å². The molecule has 0 aromatic rings. The molecule has 3 rings (SSSR count). The van der Waals surface area contributed by atoms with Crippen molar-refractivity contribution in [2.24, 2.45) is 11.8 Å². The molecule has 0 aromatic carbocycles. The number of hydrogen-bond acceptors (Lipinski definition) is 3. The maximum absolute atomic E-state index is 12.9. The Hall–Kier alpha value is -1.10. The first-order valence-corrected chi connectivity index (χ1v) is 8.49. The van der Waals surface area contributed by atoms with Crippen LogP contribution in [0, 0.1) is 11.8 Å². The SMILES string of the molecule is CCCC(=O)N1CCCCC1C(=O)N1C[C@H]2CNC[C@H]2C1. The topological polar surface area (TPSA) is 52.7 Å². The molecule has 5 nitrogen and oxygen atoms in total. The minimum Gasteiger partial charge on any atom is -0.340 e. The summed E-state index contributed by atoms with van der Waals surface area (Å²) in [6.07, 6.45) is 4.37. The van der Waals surface area contributed by atoms with Gasteiger partial charge in [-0.05, 0) is 37.5 Å². The highest BCUT2D eigenvalue weighted by atomic mass is 16.2. The summed E-state index contributed by atoms with van der Waals surface area (Å²) in [5, 5.41) is 3.40. The standard InChI is InChI=1S/C16H27N3O2/c1-2-5-15(20)19-7-4-3-6-14(19)16(21)18-10-12-8-17-9-13(12)11-18/h12-14,17H,2-11H2,1H3/t12-,13+,14?. The first kappa shape index (κ1) is 14.8. The fraction of sp³-hybridized carbons (Fsp3) is 0.875. The quantitative estimate of drug-likeness (QED) is 0.839. The van der Waals surface area contributed by atoms with Crippen LogP contribution in [0.5, 0.6) is 0 Å². The predicted molar refractivity (Wildman–Crippen MR) is 80.7 cm³/mol. The lowest BCUT2D eigenvalue weighted by Crippen LogP contribution is -2.52. The van der Waals surface area contributed by atoms with Crippen LogP contribution in [0.15, 0.2) is 0 Å². The highest BCUT2D eigenvalue weighted by molar-refractivity contribution is 5.88. The molecule has 0 aliphatic carbocycles. The molecule has 0 aromatic heterocycles. The van der Waals surface area contributed by atoms with Crippen molar-refractivity contribution in [2.75, 3.05) is 32.7 Å². The highest BCUT2D eigenvalue weighted by Crippen LogP contribution is 2.29. The van der Waals surface area contributed by atoms with E-state index >= 15 is 0 Å². The lowest BCUT2D eigenvalue weighted by atomic mass is 10.00. The van der Waals surface area contributed by atoms with Gasteiger partial charge in [0.25, 0.3) is 0 Å². The number of fused-ring (bicyclic) bond motifs is 1. The largest absolute Gasteiger partial charge is 0.340 e. The molecule has 5 heteroatoms. The molecule has 3 aliphatic heterocycles. The summed E-state index contributed by atoms with van der Waals surface area (Å²) in [4.78, 5) is 29.0. The average molecular weight is 293 g/mol. The zero-order valence-corrected chi connectivity index (χ0v) is 13.0. The second kappa shape index (κ2) is 6.34. The fourth-order valence-electron chi connectivity index (χ4n) is 4.09. The van der Waals surface area contributed by atoms with E-state index in [0.29, 0.717) is 18.3 Å². The monoisotopic (exact) mass is 293 g/mol. The average Bonchev–Trinajstić information content (AvgIpc) is 3.08. The molecule has 3 fully saturated rings. The van der Waals surface area contributed by atoms with Crippen molar-refractivity contribution in [3.8, 4) is 0 Å². The van der Waals surface area contributed by atoms with E-state index in [1.54, 1.807) is 0 Å². The third-order valence-corrected chi connectivity index (χ3v) is 5.27. The number of nitrogens with one attached hydrogen (secondary N) is 1. The highest BCUT2D eigenvalue weighted by Gasteiger charge is 2.42. The Labute approximate surface area is 127 Å². The molecule has 3 saturated heterocycles. The van der Waals surface area contributed by atoms with Gasteiger partial charge in [0.15, 0.2) is 0 Å². The van der Waals surface area contributed by atoms with Crippen LogP contribution in [-0.4, -0.2) is 60.4 Å². The van der Waals surface area contributed by atoms with E-state index < -0.39 is 0 Å². The summed E-state index contributed by atoms with van der Waals surface area (Å²) in [7, 11) is 0. The second-order valence-electron chi connectivity index (χ2n) is 6.77. The number of amides is 2. The number of likely N-dealkylation sites (tertiary alicyclic amines) is 2. The molecular weight excluding hydrogens is 266 g/mol. The van der Waals surface area contributed by atoms with Crippen molar-refractivity contribution in [1.29, 1.82) is 0 Å². The number of nitrogens with zero attached hydrogens (tertiary/aromatic N) is 2. The van der Waals surface area contributed by atoms with E-state index in [-0.39, 0.29) is 17.9 Å². The minimum atomic E-state index is -0.190. The molecule has 0 bridgehead atoms. The Bertz CT molecular complexity index is 400. The van der Waals surface area contributed by atoms with Crippen LogP contribution in [0.25, 0.3) is 0 Å². The molecule has 1 unspecified atom stereocenters. The Balaban J connectivity index is 1.65. The van der Waals surface area contributed by atoms with Gasteiger partial charge < -0.3 is 15.1 Å². The molecule has 1 N–H and O–H groups in total.